The second kappa shape index (κ2) is 16.1. The molecule has 13 heteroatoms. The quantitative estimate of drug-likeness (QED) is 0.260. The summed E-state index contributed by atoms with van der Waals surface area (Å²) >= 11 is 5.95. The van der Waals surface area contributed by atoms with E-state index in [2.05, 4.69) is 22.7 Å². The van der Waals surface area contributed by atoms with Crippen LogP contribution in [-0.4, -0.2) is 68.0 Å². The molecule has 2 fully saturated rings. The lowest BCUT2D eigenvalue weighted by Gasteiger charge is -2.48. The van der Waals surface area contributed by atoms with Crippen LogP contribution in [0.25, 0.3) is 0 Å². The number of hydrogen-bond donors (Lipinski definition) is 2. The molecule has 4 aliphatic heterocycles. The average molecular weight is 686 g/mol. The molecule has 48 heavy (non-hydrogen) atoms. The maximum absolute atomic E-state index is 13.0. The van der Waals surface area contributed by atoms with Crippen LogP contribution in [0.1, 0.15) is 75.8 Å². The molecular formula is C35H44ClN3O9. The van der Waals surface area contributed by atoms with Gasteiger partial charge in [-0.1, -0.05) is 47.9 Å². The normalized spacial score (nSPS) is 26.0. The predicted octanol–water partition coefficient (Wildman–Crippen LogP) is 6.41. The van der Waals surface area contributed by atoms with E-state index >= 15 is 0 Å². The van der Waals surface area contributed by atoms with Gasteiger partial charge in [0.15, 0.2) is 17.3 Å². The van der Waals surface area contributed by atoms with Crippen molar-refractivity contribution in [1.82, 2.24) is 10.6 Å². The van der Waals surface area contributed by atoms with Gasteiger partial charge >= 0.3 is 12.2 Å². The van der Waals surface area contributed by atoms with Crippen LogP contribution in [0.5, 0.6) is 11.5 Å². The minimum absolute atomic E-state index is 0.00881. The van der Waals surface area contributed by atoms with Gasteiger partial charge in [0.1, 0.15) is 18.8 Å². The fraction of sp³-hybridized carbons (Fsp3) is 0.571. The van der Waals surface area contributed by atoms with E-state index in [0.717, 1.165) is 48.9 Å². The number of carbonyl (C=O) groups is 2. The maximum Gasteiger partial charge on any atom is 0.407 e. The average Bonchev–Trinajstić information content (AvgIpc) is 3.76. The molecular weight excluding hydrogens is 642 g/mol. The minimum atomic E-state index is -0.960. The molecule has 2 saturated heterocycles. The molecule has 0 saturated carbocycles. The summed E-state index contributed by atoms with van der Waals surface area (Å²) in [7, 11) is 0. The van der Waals surface area contributed by atoms with E-state index in [-0.39, 0.29) is 38.3 Å². The highest BCUT2D eigenvalue weighted by molar-refractivity contribution is 6.30. The number of nitrogens with one attached hydrogen (secondary N) is 2. The van der Waals surface area contributed by atoms with Crippen LogP contribution in [0.15, 0.2) is 47.6 Å². The Morgan fingerprint density at radius 3 is 2.69 bits per heavy atom. The van der Waals surface area contributed by atoms with Gasteiger partial charge < -0.3 is 43.9 Å². The number of benzene rings is 2. The molecule has 0 aromatic heterocycles. The van der Waals surface area contributed by atoms with Crippen molar-refractivity contribution in [1.29, 1.82) is 0 Å². The van der Waals surface area contributed by atoms with E-state index < -0.39 is 24.1 Å². The number of nitrogens with zero attached hydrogens (tertiary/aromatic N) is 1. The molecule has 2 N–H and O–H groups in total. The highest BCUT2D eigenvalue weighted by Crippen LogP contribution is 2.42. The van der Waals surface area contributed by atoms with Gasteiger partial charge in [-0.25, -0.2) is 9.59 Å². The zero-order chi connectivity index (χ0) is 33.3. The van der Waals surface area contributed by atoms with Crippen LogP contribution in [0.4, 0.5) is 9.59 Å². The van der Waals surface area contributed by atoms with E-state index in [1.807, 2.05) is 42.5 Å². The number of halogens is 1. The van der Waals surface area contributed by atoms with Crippen molar-refractivity contribution in [2.24, 2.45) is 5.16 Å². The number of rotatable bonds is 12. The van der Waals surface area contributed by atoms with Gasteiger partial charge in [-0.05, 0) is 62.3 Å². The molecule has 5 atom stereocenters. The van der Waals surface area contributed by atoms with Crippen molar-refractivity contribution in [3.8, 4) is 11.5 Å². The summed E-state index contributed by atoms with van der Waals surface area (Å²) in [5.74, 6) is 0.326. The third-order valence-electron chi connectivity index (χ3n) is 9.10. The third-order valence-corrected chi connectivity index (χ3v) is 9.35. The Balaban J connectivity index is 1.02. The second-order valence-electron chi connectivity index (χ2n) is 12.7. The van der Waals surface area contributed by atoms with Gasteiger partial charge in [0.05, 0.1) is 17.9 Å². The minimum Gasteiger partial charge on any atom is -0.454 e. The summed E-state index contributed by atoms with van der Waals surface area (Å²) in [5.41, 5.74) is 2.94. The molecule has 0 bridgehead atoms. The predicted molar refractivity (Wildman–Crippen MR) is 176 cm³/mol. The monoisotopic (exact) mass is 685 g/mol. The van der Waals surface area contributed by atoms with Gasteiger partial charge in [0.2, 0.25) is 6.79 Å². The van der Waals surface area contributed by atoms with Crippen molar-refractivity contribution >= 4 is 29.5 Å². The van der Waals surface area contributed by atoms with E-state index in [0.29, 0.717) is 55.2 Å². The first kappa shape index (κ1) is 34.1. The summed E-state index contributed by atoms with van der Waals surface area (Å²) in [6, 6.07) is 13.1. The summed E-state index contributed by atoms with van der Waals surface area (Å²) in [6.45, 7) is 2.99. The SMILES string of the molecule is CCC1=NOC(CC[C@@H]2C[C@@H](OC(=O)NCc3cccc4c3OCO4)C[C@@]3(CCC[C@H](COC(=O)NCCc4ccc(Cl)cc4)O3)O2)C1. The number of hydrogen-bond acceptors (Lipinski definition) is 10. The number of carbonyl (C=O) groups excluding carboxylic acids is 2. The number of alkyl carbamates (subject to hydrolysis) is 2. The standard InChI is InChI=1S/C35H44ClN3O9/c1-2-26-17-28(48-39-26)13-12-27-18-30(45-34(41)38-20-24-5-3-7-31-32(24)44-22-43-31)19-35(46-27)15-4-6-29(47-35)21-42-33(40)37-16-14-23-8-10-25(36)11-9-23/h3,5,7-11,27-30H,2,4,6,12-22H2,1H3,(H,37,40)(H,38,41)/t27-,28?,29-,30-,35+/m1/s1. The highest BCUT2D eigenvalue weighted by atomic mass is 35.5. The molecule has 2 amide bonds. The van der Waals surface area contributed by atoms with Crippen LogP contribution in [-0.2, 0) is 36.8 Å². The molecule has 2 aromatic rings. The van der Waals surface area contributed by atoms with Crippen molar-refractivity contribution in [2.45, 2.75) is 108 Å². The summed E-state index contributed by atoms with van der Waals surface area (Å²) in [4.78, 5) is 31.1. The largest absolute Gasteiger partial charge is 0.454 e. The Hall–Kier alpha value is -3.74. The molecule has 260 valence electrons. The van der Waals surface area contributed by atoms with Crippen molar-refractivity contribution in [3.63, 3.8) is 0 Å². The van der Waals surface area contributed by atoms with Gasteiger partial charge in [-0.15, -0.1) is 0 Å². The number of oxime groups is 1. The lowest BCUT2D eigenvalue weighted by atomic mass is 9.89. The molecule has 4 aliphatic rings. The third kappa shape index (κ3) is 9.24. The number of ether oxygens (including phenoxy) is 6. The number of amides is 2. The summed E-state index contributed by atoms with van der Waals surface area (Å²) < 4.78 is 35.7. The molecule has 6 rings (SSSR count). The first-order chi connectivity index (χ1) is 23.4. The zero-order valence-corrected chi connectivity index (χ0v) is 28.0. The zero-order valence-electron chi connectivity index (χ0n) is 27.2. The van der Waals surface area contributed by atoms with Gasteiger partial charge in [0.25, 0.3) is 0 Å². The van der Waals surface area contributed by atoms with E-state index in [1.54, 1.807) is 0 Å². The topological polar surface area (TPSA) is 135 Å². The van der Waals surface area contributed by atoms with E-state index in [4.69, 9.17) is 44.9 Å². The Labute approximate surface area is 285 Å². The van der Waals surface area contributed by atoms with Gasteiger partial charge in [-0.3, -0.25) is 0 Å². The van der Waals surface area contributed by atoms with Crippen LogP contribution in [0.2, 0.25) is 5.02 Å². The Morgan fingerprint density at radius 2 is 1.85 bits per heavy atom. The highest BCUT2D eigenvalue weighted by Gasteiger charge is 2.47. The molecule has 1 spiro atoms. The summed E-state index contributed by atoms with van der Waals surface area (Å²) in [6.07, 6.45) is 4.86. The second-order valence-corrected chi connectivity index (χ2v) is 13.1. The first-order valence-corrected chi connectivity index (χ1v) is 17.3. The van der Waals surface area contributed by atoms with Gasteiger partial charge in [-0.2, -0.15) is 0 Å². The molecule has 0 radical (unpaired) electrons. The first-order valence-electron chi connectivity index (χ1n) is 16.9. The molecule has 12 nitrogen and oxygen atoms in total. The van der Waals surface area contributed by atoms with Gasteiger partial charge in [0, 0.05) is 49.4 Å². The Kier molecular flexibility index (Phi) is 11.5. The number of fused-ring (bicyclic) bond motifs is 1. The smallest absolute Gasteiger partial charge is 0.407 e. The van der Waals surface area contributed by atoms with Crippen LogP contribution in [0, 0.1) is 0 Å². The Bertz CT molecular complexity index is 1440. The lowest BCUT2D eigenvalue weighted by molar-refractivity contribution is -0.330. The van der Waals surface area contributed by atoms with E-state index in [1.165, 1.54) is 0 Å². The van der Waals surface area contributed by atoms with Crippen molar-refractivity contribution in [2.75, 3.05) is 19.9 Å². The molecule has 2 aromatic carbocycles. The maximum atomic E-state index is 13.0. The van der Waals surface area contributed by atoms with Crippen molar-refractivity contribution < 1.29 is 42.8 Å². The van der Waals surface area contributed by atoms with E-state index in [9.17, 15) is 9.59 Å². The fourth-order valence-electron chi connectivity index (χ4n) is 6.66. The summed E-state index contributed by atoms with van der Waals surface area (Å²) in [5, 5.41) is 10.5. The number of para-hydroxylation sites is 1. The molecule has 4 heterocycles. The van der Waals surface area contributed by atoms with Crippen LogP contribution < -0.4 is 20.1 Å². The fourth-order valence-corrected chi connectivity index (χ4v) is 6.78. The van der Waals surface area contributed by atoms with Crippen molar-refractivity contribution in [3.05, 3.63) is 58.6 Å². The Morgan fingerprint density at radius 1 is 1.02 bits per heavy atom. The van der Waals surface area contributed by atoms with Crippen LogP contribution >= 0.6 is 11.6 Å². The molecule has 1 unspecified atom stereocenters. The lowest BCUT2D eigenvalue weighted by Crippen LogP contribution is -2.53. The van der Waals surface area contributed by atoms with Crippen LogP contribution in [0.3, 0.4) is 0 Å². The molecule has 0 aliphatic carbocycles.